The highest BCUT2D eigenvalue weighted by atomic mass is 35.5. The minimum atomic E-state index is -4.01. The monoisotopic (exact) mass is 532 g/mol. The molecule has 12 heteroatoms. The minimum absolute atomic E-state index is 0.0193. The zero-order chi connectivity index (χ0) is 25.1. The summed E-state index contributed by atoms with van der Waals surface area (Å²) in [5.74, 6) is 0.794. The van der Waals surface area contributed by atoms with E-state index in [1.54, 1.807) is 48.8 Å². The van der Waals surface area contributed by atoms with E-state index in [-0.39, 0.29) is 21.1 Å². The smallest absolute Gasteiger partial charge is 0.333 e. The van der Waals surface area contributed by atoms with Gasteiger partial charge in [-0.25, -0.2) is 27.9 Å². The van der Waals surface area contributed by atoms with Crippen molar-refractivity contribution in [1.82, 2.24) is 14.7 Å². The lowest BCUT2D eigenvalue weighted by molar-refractivity contribution is 0.256. The Kier molecular flexibility index (Phi) is 7.50. The van der Waals surface area contributed by atoms with Crippen molar-refractivity contribution in [2.24, 2.45) is 5.73 Å². The highest BCUT2D eigenvalue weighted by molar-refractivity contribution is 7.99. The molecule has 1 aliphatic rings. The van der Waals surface area contributed by atoms with Crippen molar-refractivity contribution >= 4 is 50.9 Å². The number of sulfonamides is 1. The van der Waals surface area contributed by atoms with Crippen molar-refractivity contribution in [1.29, 1.82) is 0 Å². The molecule has 2 aromatic carbocycles. The van der Waals surface area contributed by atoms with Crippen LogP contribution in [0.2, 0.25) is 5.02 Å². The third-order valence-electron chi connectivity index (χ3n) is 5.55. The second kappa shape index (κ2) is 10.4. The van der Waals surface area contributed by atoms with Gasteiger partial charge in [0.15, 0.2) is 0 Å². The summed E-state index contributed by atoms with van der Waals surface area (Å²) < 4.78 is 26.7. The largest absolute Gasteiger partial charge is 0.355 e. The van der Waals surface area contributed by atoms with Crippen LogP contribution in [0.25, 0.3) is 0 Å². The zero-order valence-corrected chi connectivity index (χ0v) is 21.3. The van der Waals surface area contributed by atoms with Crippen LogP contribution in [0.3, 0.4) is 0 Å². The van der Waals surface area contributed by atoms with Crippen LogP contribution in [-0.2, 0) is 10.0 Å². The lowest BCUT2D eigenvalue weighted by Crippen LogP contribution is -2.48. The molecule has 2 amide bonds. The van der Waals surface area contributed by atoms with E-state index in [0.29, 0.717) is 9.92 Å². The van der Waals surface area contributed by atoms with E-state index in [0.717, 1.165) is 31.7 Å². The number of hydrogen-bond acceptors (Lipinski definition) is 8. The maximum Gasteiger partial charge on any atom is 0.333 e. The first-order chi connectivity index (χ1) is 16.6. The van der Waals surface area contributed by atoms with Crippen molar-refractivity contribution in [3.05, 3.63) is 65.9 Å². The standard InChI is InChI=1S/C23H25ClN6O3S2/c1-23(25)10-12-30(13-11-23)19-14-27-20(15-26-19)34-18-9-5-8-17(21(18)24)28-22(31)29-35(32,33)16-6-3-2-4-7-16/h2-9,14-15H,10-13,25H2,1H3,(H2,28,29,31). The number of urea groups is 1. The predicted molar refractivity (Wildman–Crippen MR) is 137 cm³/mol. The first-order valence-electron chi connectivity index (χ1n) is 10.8. The Morgan fingerprint density at radius 3 is 2.46 bits per heavy atom. The van der Waals surface area contributed by atoms with Gasteiger partial charge in [-0.2, -0.15) is 0 Å². The van der Waals surface area contributed by atoms with E-state index in [2.05, 4.69) is 27.1 Å². The van der Waals surface area contributed by atoms with E-state index < -0.39 is 16.1 Å². The van der Waals surface area contributed by atoms with Gasteiger partial charge in [0.25, 0.3) is 10.0 Å². The van der Waals surface area contributed by atoms with Crippen LogP contribution >= 0.6 is 23.4 Å². The maximum absolute atomic E-state index is 12.4. The Morgan fingerprint density at radius 2 is 1.80 bits per heavy atom. The van der Waals surface area contributed by atoms with Crippen LogP contribution in [0, 0.1) is 0 Å². The zero-order valence-electron chi connectivity index (χ0n) is 18.9. The maximum atomic E-state index is 12.4. The number of rotatable bonds is 6. The summed E-state index contributed by atoms with van der Waals surface area (Å²) in [4.78, 5) is 24.1. The van der Waals surface area contributed by atoms with E-state index >= 15 is 0 Å². The summed E-state index contributed by atoms with van der Waals surface area (Å²) in [5.41, 5.74) is 6.33. The fourth-order valence-corrected chi connectivity index (χ4v) is 5.50. The van der Waals surface area contributed by atoms with Gasteiger partial charge in [-0.05, 0) is 44.0 Å². The van der Waals surface area contributed by atoms with Crippen LogP contribution in [0.5, 0.6) is 0 Å². The predicted octanol–water partition coefficient (Wildman–Crippen LogP) is 4.11. The molecule has 0 atom stereocenters. The van der Waals surface area contributed by atoms with Crippen LogP contribution < -0.4 is 20.7 Å². The molecule has 4 N–H and O–H groups in total. The lowest BCUT2D eigenvalue weighted by atomic mass is 9.91. The number of anilines is 2. The fourth-order valence-electron chi connectivity index (χ4n) is 3.50. The number of carbonyl (C=O) groups is 1. The number of amides is 2. The van der Waals surface area contributed by atoms with Crippen LogP contribution in [0.4, 0.5) is 16.3 Å². The number of nitrogens with two attached hydrogens (primary N) is 1. The normalized spacial score (nSPS) is 15.5. The van der Waals surface area contributed by atoms with E-state index in [9.17, 15) is 13.2 Å². The quantitative estimate of drug-likeness (QED) is 0.432. The number of nitrogens with one attached hydrogen (secondary N) is 2. The molecule has 0 unspecified atom stereocenters. The molecule has 2 heterocycles. The highest BCUT2D eigenvalue weighted by Gasteiger charge is 2.26. The molecule has 0 saturated carbocycles. The number of nitrogens with zero attached hydrogens (tertiary/aromatic N) is 3. The van der Waals surface area contributed by atoms with Gasteiger partial charge in [0.1, 0.15) is 10.8 Å². The van der Waals surface area contributed by atoms with E-state index in [4.69, 9.17) is 17.3 Å². The van der Waals surface area contributed by atoms with Crippen LogP contribution in [-0.4, -0.2) is 43.0 Å². The third-order valence-corrected chi connectivity index (χ3v) is 8.40. The van der Waals surface area contributed by atoms with Crippen molar-refractivity contribution in [2.45, 2.75) is 40.1 Å². The number of carbonyl (C=O) groups excluding carboxylic acids is 1. The summed E-state index contributed by atoms with van der Waals surface area (Å²) in [5, 5.41) is 3.38. The molecule has 4 rings (SSSR count). The number of hydrogen-bond donors (Lipinski definition) is 3. The van der Waals surface area contributed by atoms with Crippen molar-refractivity contribution in [2.75, 3.05) is 23.3 Å². The fraction of sp³-hybridized carbons (Fsp3) is 0.261. The molecule has 0 bridgehead atoms. The second-order valence-corrected chi connectivity index (χ2v) is 11.6. The Labute approximate surface area is 213 Å². The van der Waals surface area contributed by atoms with Gasteiger partial charge < -0.3 is 16.0 Å². The van der Waals surface area contributed by atoms with Gasteiger partial charge in [0.05, 0.1) is 28.0 Å². The molecule has 0 radical (unpaired) electrons. The van der Waals surface area contributed by atoms with Gasteiger partial charge in [-0.15, -0.1) is 0 Å². The highest BCUT2D eigenvalue weighted by Crippen LogP contribution is 2.36. The number of benzene rings is 2. The topological polar surface area (TPSA) is 130 Å². The molecule has 35 heavy (non-hydrogen) atoms. The SMILES string of the molecule is CC1(N)CCN(c2cnc(Sc3cccc(NC(=O)NS(=O)(=O)c4ccccc4)c3Cl)cn2)CC1. The molecular weight excluding hydrogens is 508 g/mol. The molecule has 9 nitrogen and oxygen atoms in total. The number of halogens is 1. The summed E-state index contributed by atoms with van der Waals surface area (Å²) in [6.07, 6.45) is 5.17. The molecule has 3 aromatic rings. The molecule has 1 fully saturated rings. The summed E-state index contributed by atoms with van der Waals surface area (Å²) in [7, 11) is -4.01. The molecule has 0 aliphatic carbocycles. The lowest BCUT2D eigenvalue weighted by Gasteiger charge is -2.37. The first-order valence-corrected chi connectivity index (χ1v) is 13.5. The molecule has 184 valence electrons. The molecule has 0 spiro atoms. The van der Waals surface area contributed by atoms with E-state index in [1.165, 1.54) is 23.9 Å². The Hall–Kier alpha value is -2.86. The van der Waals surface area contributed by atoms with E-state index in [1.807, 2.05) is 4.72 Å². The Bertz CT molecular complexity index is 1290. The van der Waals surface area contributed by atoms with Gasteiger partial charge >= 0.3 is 6.03 Å². The number of piperidine rings is 1. The summed E-state index contributed by atoms with van der Waals surface area (Å²) in [6.45, 7) is 3.72. The number of aromatic nitrogens is 2. The van der Waals surface area contributed by atoms with Gasteiger partial charge in [-0.3, -0.25) is 0 Å². The van der Waals surface area contributed by atoms with Crippen molar-refractivity contribution in [3.63, 3.8) is 0 Å². The Morgan fingerprint density at radius 1 is 1.09 bits per heavy atom. The van der Waals surface area contributed by atoms with Crippen molar-refractivity contribution in [3.8, 4) is 0 Å². The van der Waals surface area contributed by atoms with Gasteiger partial charge in [0, 0.05) is 23.5 Å². The molecule has 1 aliphatic heterocycles. The van der Waals surface area contributed by atoms with Gasteiger partial charge in [0.2, 0.25) is 0 Å². The molecule has 1 saturated heterocycles. The third kappa shape index (κ3) is 6.43. The Balaban J connectivity index is 1.41. The average molecular weight is 533 g/mol. The van der Waals surface area contributed by atoms with Crippen molar-refractivity contribution < 1.29 is 13.2 Å². The summed E-state index contributed by atoms with van der Waals surface area (Å²) >= 11 is 7.78. The van der Waals surface area contributed by atoms with Gasteiger partial charge in [-0.1, -0.05) is 47.6 Å². The molecule has 1 aromatic heterocycles. The average Bonchev–Trinajstić information content (AvgIpc) is 2.82. The minimum Gasteiger partial charge on any atom is -0.355 e. The van der Waals surface area contributed by atoms with Crippen LogP contribution in [0.15, 0.2) is 75.7 Å². The first kappa shape index (κ1) is 25.2. The second-order valence-electron chi connectivity index (χ2n) is 8.45. The molecular formula is C23H25ClN6O3S2. The summed E-state index contributed by atoms with van der Waals surface area (Å²) in [6, 6.07) is 11.8. The van der Waals surface area contributed by atoms with Crippen LogP contribution in [0.1, 0.15) is 19.8 Å².